The van der Waals surface area contributed by atoms with Crippen LogP contribution in [0.25, 0.3) is 0 Å². The highest BCUT2D eigenvalue weighted by atomic mass is 19.1. The van der Waals surface area contributed by atoms with Crippen molar-refractivity contribution in [1.82, 2.24) is 10.2 Å². The summed E-state index contributed by atoms with van der Waals surface area (Å²) in [5, 5.41) is 2.80. The van der Waals surface area contributed by atoms with Gasteiger partial charge in [0.1, 0.15) is 5.82 Å². The second-order valence-electron chi connectivity index (χ2n) is 6.29. The molecule has 0 spiro atoms. The van der Waals surface area contributed by atoms with Crippen LogP contribution in [0.2, 0.25) is 0 Å². The average Bonchev–Trinajstić information content (AvgIpc) is 2.43. The predicted molar refractivity (Wildman–Crippen MR) is 82.7 cm³/mol. The minimum Gasteiger partial charge on any atom is -0.352 e. The van der Waals surface area contributed by atoms with E-state index in [1.54, 1.807) is 12.1 Å². The van der Waals surface area contributed by atoms with Crippen molar-refractivity contribution in [3.8, 4) is 0 Å². The summed E-state index contributed by atoms with van der Waals surface area (Å²) < 4.78 is 13.5. The Morgan fingerprint density at radius 3 is 2.62 bits per heavy atom. The van der Waals surface area contributed by atoms with Crippen LogP contribution in [0.15, 0.2) is 24.3 Å². The molecule has 2 unspecified atom stereocenters. The first-order valence-corrected chi connectivity index (χ1v) is 7.81. The van der Waals surface area contributed by atoms with Crippen LogP contribution in [0, 0.1) is 17.7 Å². The lowest BCUT2D eigenvalue weighted by Crippen LogP contribution is -2.40. The fourth-order valence-corrected chi connectivity index (χ4v) is 3.22. The Hall–Kier alpha value is -1.42. The number of hydrogen-bond donors (Lipinski definition) is 1. The van der Waals surface area contributed by atoms with E-state index >= 15 is 0 Å². The molecule has 1 N–H and O–H groups in total. The topological polar surface area (TPSA) is 32.3 Å². The van der Waals surface area contributed by atoms with E-state index in [0.717, 1.165) is 37.9 Å². The molecule has 3 nitrogen and oxygen atoms in total. The van der Waals surface area contributed by atoms with Crippen molar-refractivity contribution < 1.29 is 9.18 Å². The van der Waals surface area contributed by atoms with E-state index in [0.29, 0.717) is 6.54 Å². The van der Waals surface area contributed by atoms with Crippen molar-refractivity contribution in [3.63, 3.8) is 0 Å². The smallest absolute Gasteiger partial charge is 0.254 e. The Morgan fingerprint density at radius 2 is 1.95 bits per heavy atom. The SMILES string of the molecule is CC1CC(C)CN(CCCNC(=O)c2ccccc2F)C1. The molecule has 0 aliphatic carbocycles. The van der Waals surface area contributed by atoms with Gasteiger partial charge in [-0.15, -0.1) is 0 Å². The molecule has 0 bridgehead atoms. The van der Waals surface area contributed by atoms with Gasteiger partial charge in [-0.25, -0.2) is 4.39 Å². The molecule has 1 fully saturated rings. The van der Waals surface area contributed by atoms with E-state index in [9.17, 15) is 9.18 Å². The molecule has 2 atom stereocenters. The molecular formula is C17H25FN2O. The number of amides is 1. The average molecular weight is 292 g/mol. The molecule has 0 aromatic heterocycles. The van der Waals surface area contributed by atoms with Gasteiger partial charge >= 0.3 is 0 Å². The number of hydrogen-bond acceptors (Lipinski definition) is 2. The van der Waals surface area contributed by atoms with E-state index < -0.39 is 5.82 Å². The molecule has 1 amide bonds. The van der Waals surface area contributed by atoms with Crippen LogP contribution < -0.4 is 5.32 Å². The highest BCUT2D eigenvalue weighted by Gasteiger charge is 2.21. The normalized spacial score (nSPS) is 23.0. The summed E-state index contributed by atoms with van der Waals surface area (Å²) in [5.74, 6) is 0.714. The van der Waals surface area contributed by atoms with Gasteiger partial charge in [-0.1, -0.05) is 26.0 Å². The number of halogens is 1. The van der Waals surface area contributed by atoms with Gasteiger partial charge in [0, 0.05) is 19.6 Å². The molecule has 0 saturated carbocycles. The van der Waals surface area contributed by atoms with Crippen molar-refractivity contribution in [2.45, 2.75) is 26.7 Å². The lowest BCUT2D eigenvalue weighted by molar-refractivity contribution is 0.0943. The van der Waals surface area contributed by atoms with Crippen LogP contribution in [0.4, 0.5) is 4.39 Å². The van der Waals surface area contributed by atoms with Gasteiger partial charge in [-0.3, -0.25) is 4.79 Å². The zero-order valence-corrected chi connectivity index (χ0v) is 12.9. The fraction of sp³-hybridized carbons (Fsp3) is 0.588. The Balaban J connectivity index is 1.70. The largest absolute Gasteiger partial charge is 0.352 e. The summed E-state index contributed by atoms with van der Waals surface area (Å²) in [6, 6.07) is 6.09. The van der Waals surface area contributed by atoms with E-state index in [1.165, 1.54) is 18.6 Å². The highest BCUT2D eigenvalue weighted by molar-refractivity contribution is 5.94. The molecule has 1 heterocycles. The maximum absolute atomic E-state index is 13.5. The van der Waals surface area contributed by atoms with Gasteiger partial charge in [0.25, 0.3) is 5.91 Å². The maximum atomic E-state index is 13.5. The monoisotopic (exact) mass is 292 g/mol. The number of carbonyl (C=O) groups is 1. The van der Waals surface area contributed by atoms with Crippen LogP contribution in [-0.2, 0) is 0 Å². The third-order valence-corrected chi connectivity index (χ3v) is 4.00. The molecule has 2 rings (SSSR count). The predicted octanol–water partition coefficient (Wildman–Crippen LogP) is 2.92. The number of nitrogens with zero attached hydrogens (tertiary/aromatic N) is 1. The Labute approximate surface area is 126 Å². The summed E-state index contributed by atoms with van der Waals surface area (Å²) in [6.45, 7) is 8.46. The Morgan fingerprint density at radius 1 is 1.29 bits per heavy atom. The fourth-order valence-electron chi connectivity index (χ4n) is 3.22. The second-order valence-corrected chi connectivity index (χ2v) is 6.29. The van der Waals surface area contributed by atoms with Crippen molar-refractivity contribution in [2.24, 2.45) is 11.8 Å². The third kappa shape index (κ3) is 4.81. The first-order chi connectivity index (χ1) is 10.1. The number of benzene rings is 1. The lowest BCUT2D eigenvalue weighted by Gasteiger charge is -2.34. The van der Waals surface area contributed by atoms with Crippen LogP contribution in [-0.4, -0.2) is 37.0 Å². The van der Waals surface area contributed by atoms with Gasteiger partial charge < -0.3 is 10.2 Å². The molecule has 1 aliphatic heterocycles. The molecule has 116 valence electrons. The first kappa shape index (κ1) is 16.0. The standard InChI is InChI=1S/C17H25FN2O/c1-13-10-14(2)12-20(11-13)9-5-8-19-17(21)15-6-3-4-7-16(15)18/h3-4,6-7,13-14H,5,8-12H2,1-2H3,(H,19,21). The van der Waals surface area contributed by atoms with Gasteiger partial charge in [0.05, 0.1) is 5.56 Å². The summed E-state index contributed by atoms with van der Waals surface area (Å²) >= 11 is 0. The van der Waals surface area contributed by atoms with Crippen molar-refractivity contribution in [3.05, 3.63) is 35.6 Å². The van der Waals surface area contributed by atoms with E-state index in [2.05, 4.69) is 24.1 Å². The Bertz CT molecular complexity index is 468. The number of carbonyl (C=O) groups excluding carboxylic acids is 1. The number of piperidine rings is 1. The van der Waals surface area contributed by atoms with Crippen molar-refractivity contribution in [2.75, 3.05) is 26.2 Å². The molecule has 0 radical (unpaired) electrons. The second kappa shape index (κ2) is 7.55. The van der Waals surface area contributed by atoms with Crippen molar-refractivity contribution in [1.29, 1.82) is 0 Å². The molecule has 21 heavy (non-hydrogen) atoms. The van der Waals surface area contributed by atoms with Crippen LogP contribution >= 0.6 is 0 Å². The molecule has 4 heteroatoms. The maximum Gasteiger partial charge on any atom is 0.254 e. The summed E-state index contributed by atoms with van der Waals surface area (Å²) in [4.78, 5) is 14.3. The minimum atomic E-state index is -0.464. The number of nitrogens with one attached hydrogen (secondary N) is 1. The molecule has 1 aromatic rings. The van der Waals surface area contributed by atoms with Gasteiger partial charge in [-0.05, 0) is 43.4 Å². The summed E-state index contributed by atoms with van der Waals surface area (Å²) in [7, 11) is 0. The van der Waals surface area contributed by atoms with Gasteiger partial charge in [0.2, 0.25) is 0 Å². The van der Waals surface area contributed by atoms with Crippen LogP contribution in [0.3, 0.4) is 0 Å². The van der Waals surface area contributed by atoms with Gasteiger partial charge in [-0.2, -0.15) is 0 Å². The summed E-state index contributed by atoms with van der Waals surface area (Å²) in [6.07, 6.45) is 2.21. The van der Waals surface area contributed by atoms with E-state index in [1.807, 2.05) is 0 Å². The van der Waals surface area contributed by atoms with Crippen LogP contribution in [0.5, 0.6) is 0 Å². The number of likely N-dealkylation sites (tertiary alicyclic amines) is 1. The first-order valence-electron chi connectivity index (χ1n) is 7.81. The summed E-state index contributed by atoms with van der Waals surface area (Å²) in [5.41, 5.74) is 0.123. The zero-order chi connectivity index (χ0) is 15.2. The molecule has 1 saturated heterocycles. The third-order valence-electron chi connectivity index (χ3n) is 4.00. The quantitative estimate of drug-likeness (QED) is 0.846. The molecule has 1 aliphatic rings. The lowest BCUT2D eigenvalue weighted by atomic mass is 9.92. The minimum absolute atomic E-state index is 0.123. The Kier molecular flexibility index (Phi) is 5.74. The van der Waals surface area contributed by atoms with E-state index in [-0.39, 0.29) is 11.5 Å². The van der Waals surface area contributed by atoms with Gasteiger partial charge in [0.15, 0.2) is 0 Å². The number of rotatable bonds is 5. The molecular weight excluding hydrogens is 267 g/mol. The zero-order valence-electron chi connectivity index (χ0n) is 12.9. The van der Waals surface area contributed by atoms with E-state index in [4.69, 9.17) is 0 Å². The van der Waals surface area contributed by atoms with Crippen LogP contribution in [0.1, 0.15) is 37.0 Å². The van der Waals surface area contributed by atoms with Crippen molar-refractivity contribution >= 4 is 5.91 Å². The highest BCUT2D eigenvalue weighted by Crippen LogP contribution is 2.20. The molecule has 1 aromatic carbocycles.